The van der Waals surface area contributed by atoms with Gasteiger partial charge >= 0.3 is 6.09 Å². The van der Waals surface area contributed by atoms with Gasteiger partial charge in [-0.3, -0.25) is 0 Å². The largest absolute Gasteiger partial charge is 0.450 e. The van der Waals surface area contributed by atoms with Crippen molar-refractivity contribution in [3.63, 3.8) is 0 Å². The molecule has 0 aliphatic carbocycles. The first-order valence-electron chi connectivity index (χ1n) is 9.38. The van der Waals surface area contributed by atoms with Crippen molar-refractivity contribution in [1.29, 1.82) is 5.41 Å². The van der Waals surface area contributed by atoms with Crippen LogP contribution in [0.3, 0.4) is 0 Å². The van der Waals surface area contributed by atoms with Crippen molar-refractivity contribution in [3.8, 4) is 0 Å². The summed E-state index contributed by atoms with van der Waals surface area (Å²) < 4.78 is 5.13. The minimum Gasteiger partial charge on any atom is -0.450 e. The minimum atomic E-state index is -0.153. The summed E-state index contributed by atoms with van der Waals surface area (Å²) in [5.74, 6) is 0.507. The third-order valence-corrected chi connectivity index (χ3v) is 5.28. The molecule has 2 fully saturated rings. The fourth-order valence-corrected chi connectivity index (χ4v) is 3.93. The van der Waals surface area contributed by atoms with Crippen LogP contribution in [0.4, 0.5) is 4.79 Å². The molecule has 0 saturated carbocycles. The Morgan fingerprint density at radius 3 is 2.48 bits per heavy atom. The number of nitrogens with one attached hydrogen (secondary N) is 1. The summed E-state index contributed by atoms with van der Waals surface area (Å²) in [5.41, 5.74) is 0.960. The van der Waals surface area contributed by atoms with Gasteiger partial charge in [0.2, 0.25) is 0 Å². The Kier molecular flexibility index (Phi) is 7.34. The lowest BCUT2D eigenvalue weighted by atomic mass is 9.88. The maximum atomic E-state index is 11.9. The molecular weight excluding hydrogens is 290 g/mol. The van der Waals surface area contributed by atoms with Crippen LogP contribution in [0.15, 0.2) is 0 Å². The molecule has 5 nitrogen and oxygen atoms in total. The Morgan fingerprint density at radius 2 is 1.83 bits per heavy atom. The van der Waals surface area contributed by atoms with E-state index in [1.54, 1.807) is 0 Å². The third kappa shape index (κ3) is 5.20. The lowest BCUT2D eigenvalue weighted by Gasteiger charge is -2.37. The minimum absolute atomic E-state index is 0.153. The second-order valence-corrected chi connectivity index (χ2v) is 6.86. The number of nitrogens with zero attached hydrogens (tertiary/aromatic N) is 2. The van der Waals surface area contributed by atoms with Gasteiger partial charge in [-0.2, -0.15) is 0 Å². The fourth-order valence-electron chi connectivity index (χ4n) is 3.93. The highest BCUT2D eigenvalue weighted by molar-refractivity contribution is 5.83. The predicted molar refractivity (Wildman–Crippen MR) is 93.2 cm³/mol. The van der Waals surface area contributed by atoms with E-state index in [4.69, 9.17) is 10.1 Å². The molecule has 1 atom stereocenters. The molecule has 5 heteroatoms. The third-order valence-electron chi connectivity index (χ3n) is 5.28. The van der Waals surface area contributed by atoms with Gasteiger partial charge in [0.1, 0.15) is 0 Å². The van der Waals surface area contributed by atoms with E-state index in [1.807, 2.05) is 11.8 Å². The summed E-state index contributed by atoms with van der Waals surface area (Å²) in [6, 6.07) is 0.593. The fraction of sp³-hybridized carbons (Fsp3) is 0.889. The van der Waals surface area contributed by atoms with Crippen molar-refractivity contribution in [2.75, 3.05) is 32.8 Å². The van der Waals surface area contributed by atoms with E-state index in [1.165, 1.54) is 6.42 Å². The van der Waals surface area contributed by atoms with Crippen LogP contribution in [-0.4, -0.2) is 60.4 Å². The van der Waals surface area contributed by atoms with E-state index in [9.17, 15) is 4.79 Å². The van der Waals surface area contributed by atoms with Crippen LogP contribution >= 0.6 is 0 Å². The number of hydrogen-bond acceptors (Lipinski definition) is 4. The number of hydrogen-bond donors (Lipinski definition) is 1. The van der Waals surface area contributed by atoms with Gasteiger partial charge in [-0.05, 0) is 64.5 Å². The molecule has 2 aliphatic heterocycles. The van der Waals surface area contributed by atoms with E-state index < -0.39 is 0 Å². The summed E-state index contributed by atoms with van der Waals surface area (Å²) in [6.07, 6.45) is 7.46. The standard InChI is InChI=1S/C18H33N3O2/c1-3-6-17(19)15-8-12-20(13-9-15)16-7-5-11-21(14-10-16)18(22)23-4-2/h15-16,19H,3-14H2,1-2H3. The van der Waals surface area contributed by atoms with Crippen LogP contribution in [0.5, 0.6) is 0 Å². The lowest BCUT2D eigenvalue weighted by molar-refractivity contribution is 0.105. The highest BCUT2D eigenvalue weighted by atomic mass is 16.6. The van der Waals surface area contributed by atoms with Gasteiger partial charge in [0, 0.05) is 24.8 Å². The molecular formula is C18H33N3O2. The highest BCUT2D eigenvalue weighted by Crippen LogP contribution is 2.25. The predicted octanol–water partition coefficient (Wildman–Crippen LogP) is 3.53. The Morgan fingerprint density at radius 1 is 1.09 bits per heavy atom. The van der Waals surface area contributed by atoms with Gasteiger partial charge in [-0.1, -0.05) is 13.3 Å². The second kappa shape index (κ2) is 9.26. The van der Waals surface area contributed by atoms with Crippen molar-refractivity contribution in [3.05, 3.63) is 0 Å². The molecule has 0 aromatic heterocycles. The van der Waals surface area contributed by atoms with Crippen molar-refractivity contribution in [1.82, 2.24) is 9.80 Å². The molecule has 0 bridgehead atoms. The van der Waals surface area contributed by atoms with Gasteiger partial charge in [-0.15, -0.1) is 0 Å². The van der Waals surface area contributed by atoms with E-state index >= 15 is 0 Å². The van der Waals surface area contributed by atoms with Crippen LogP contribution in [0.2, 0.25) is 0 Å². The normalized spacial score (nSPS) is 24.3. The van der Waals surface area contributed by atoms with Crippen molar-refractivity contribution < 1.29 is 9.53 Å². The molecule has 0 aromatic carbocycles. The summed E-state index contributed by atoms with van der Waals surface area (Å²) in [6.45, 7) is 8.34. The first kappa shape index (κ1) is 18.2. The molecule has 1 amide bonds. The van der Waals surface area contributed by atoms with Gasteiger partial charge < -0.3 is 19.9 Å². The zero-order valence-corrected chi connectivity index (χ0v) is 14.9. The lowest BCUT2D eigenvalue weighted by Crippen LogP contribution is -2.43. The molecule has 23 heavy (non-hydrogen) atoms. The van der Waals surface area contributed by atoms with Gasteiger partial charge in [-0.25, -0.2) is 4.79 Å². The Labute approximate surface area is 140 Å². The molecule has 0 aromatic rings. The van der Waals surface area contributed by atoms with Crippen LogP contribution in [0.25, 0.3) is 0 Å². The monoisotopic (exact) mass is 323 g/mol. The number of carbonyl (C=O) groups is 1. The number of amides is 1. The topological polar surface area (TPSA) is 56.6 Å². The number of ether oxygens (including phenoxy) is 1. The van der Waals surface area contributed by atoms with Crippen LogP contribution in [0.1, 0.15) is 58.8 Å². The van der Waals surface area contributed by atoms with E-state index in [0.29, 0.717) is 18.6 Å². The summed E-state index contributed by atoms with van der Waals surface area (Å²) in [4.78, 5) is 16.3. The van der Waals surface area contributed by atoms with Crippen LogP contribution in [0, 0.1) is 11.3 Å². The first-order valence-corrected chi connectivity index (χ1v) is 9.38. The Hall–Kier alpha value is -1.10. The van der Waals surface area contributed by atoms with E-state index in [2.05, 4.69) is 11.8 Å². The van der Waals surface area contributed by atoms with E-state index in [-0.39, 0.29) is 6.09 Å². The Balaban J connectivity index is 1.78. The molecule has 0 spiro atoms. The van der Waals surface area contributed by atoms with Gasteiger partial charge in [0.25, 0.3) is 0 Å². The molecule has 2 saturated heterocycles. The maximum Gasteiger partial charge on any atom is 0.409 e. The molecule has 2 rings (SSSR count). The first-order chi connectivity index (χ1) is 11.2. The summed E-state index contributed by atoms with van der Waals surface area (Å²) >= 11 is 0. The second-order valence-electron chi connectivity index (χ2n) is 6.86. The molecule has 0 radical (unpaired) electrons. The zero-order chi connectivity index (χ0) is 16.7. The van der Waals surface area contributed by atoms with Gasteiger partial charge in [0.05, 0.1) is 6.61 Å². The average molecular weight is 323 g/mol. The molecule has 1 N–H and O–H groups in total. The van der Waals surface area contributed by atoms with Crippen molar-refractivity contribution in [2.45, 2.75) is 64.8 Å². The summed E-state index contributed by atoms with van der Waals surface area (Å²) in [7, 11) is 0. The molecule has 2 aliphatic rings. The van der Waals surface area contributed by atoms with Crippen molar-refractivity contribution in [2.24, 2.45) is 5.92 Å². The van der Waals surface area contributed by atoms with Crippen LogP contribution < -0.4 is 0 Å². The van der Waals surface area contributed by atoms with Crippen molar-refractivity contribution >= 4 is 11.8 Å². The molecule has 2 heterocycles. The molecule has 1 unspecified atom stereocenters. The zero-order valence-electron chi connectivity index (χ0n) is 14.9. The van der Waals surface area contributed by atoms with Gasteiger partial charge in [0.15, 0.2) is 0 Å². The van der Waals surface area contributed by atoms with E-state index in [0.717, 1.165) is 70.4 Å². The van der Waals surface area contributed by atoms with Crippen LogP contribution in [-0.2, 0) is 4.74 Å². The Bertz CT molecular complexity index is 392. The SMILES string of the molecule is CCCC(=N)C1CCN(C2CCCN(C(=O)OCC)CC2)CC1. The summed E-state index contributed by atoms with van der Waals surface area (Å²) in [5, 5.41) is 8.16. The smallest absolute Gasteiger partial charge is 0.409 e. The number of piperidine rings is 1. The highest BCUT2D eigenvalue weighted by Gasteiger charge is 2.29. The maximum absolute atomic E-state index is 11.9. The number of likely N-dealkylation sites (tertiary alicyclic amines) is 2. The number of rotatable bonds is 5. The number of carbonyl (C=O) groups excluding carboxylic acids is 1. The quantitative estimate of drug-likeness (QED) is 0.787. The average Bonchev–Trinajstić information content (AvgIpc) is 2.81. The molecule has 132 valence electrons.